The lowest BCUT2D eigenvalue weighted by molar-refractivity contribution is 0.112. The quantitative estimate of drug-likeness (QED) is 0.810. The van der Waals surface area contributed by atoms with Gasteiger partial charge in [-0.25, -0.2) is 4.98 Å². The lowest BCUT2D eigenvalue weighted by atomic mass is 10.0. The van der Waals surface area contributed by atoms with E-state index in [9.17, 15) is 4.79 Å². The number of hydrogen-bond donors (Lipinski definition) is 0. The monoisotopic (exact) mass is 288 g/mol. The number of benzene rings is 1. The summed E-state index contributed by atoms with van der Waals surface area (Å²) in [6.45, 7) is 0. The van der Waals surface area contributed by atoms with Gasteiger partial charge in [0, 0.05) is 5.56 Å². The molecule has 2 aromatic rings. The number of fused-ring (bicyclic) bond motifs is 1. The van der Waals surface area contributed by atoms with Gasteiger partial charge in [0.2, 0.25) is 5.88 Å². The van der Waals surface area contributed by atoms with Crippen LogP contribution in [-0.2, 0) is 12.8 Å². The van der Waals surface area contributed by atoms with E-state index in [1.807, 2.05) is 0 Å². The minimum absolute atomic E-state index is 0.294. The van der Waals surface area contributed by atoms with E-state index >= 15 is 0 Å². The van der Waals surface area contributed by atoms with Crippen LogP contribution in [0.5, 0.6) is 11.6 Å². The number of aryl methyl sites for hydroxylation is 2. The van der Waals surface area contributed by atoms with Gasteiger partial charge in [-0.15, -0.1) is 0 Å². The summed E-state index contributed by atoms with van der Waals surface area (Å²) < 4.78 is 5.65. The van der Waals surface area contributed by atoms with Gasteiger partial charge in [0.1, 0.15) is 5.75 Å². The zero-order valence-electron chi connectivity index (χ0n) is 10.8. The SMILES string of the molecule is O=Cc1cccc(Oc2cnc3c(n2)CCCC3)c1Cl. The van der Waals surface area contributed by atoms with E-state index in [0.29, 0.717) is 28.5 Å². The lowest BCUT2D eigenvalue weighted by Crippen LogP contribution is -2.08. The first-order valence-electron chi connectivity index (χ1n) is 6.54. The van der Waals surface area contributed by atoms with E-state index in [4.69, 9.17) is 16.3 Å². The van der Waals surface area contributed by atoms with Gasteiger partial charge in [-0.3, -0.25) is 9.78 Å². The molecule has 0 radical (unpaired) electrons. The molecule has 0 fully saturated rings. The second-order valence-corrected chi connectivity index (χ2v) is 5.07. The molecule has 0 saturated carbocycles. The average molecular weight is 289 g/mol. The van der Waals surface area contributed by atoms with Crippen molar-refractivity contribution in [3.05, 3.63) is 46.4 Å². The van der Waals surface area contributed by atoms with Crippen LogP contribution in [0.15, 0.2) is 24.4 Å². The molecule has 0 unspecified atom stereocenters. The van der Waals surface area contributed by atoms with Crippen LogP contribution in [0.3, 0.4) is 0 Å². The second kappa shape index (κ2) is 5.59. The lowest BCUT2D eigenvalue weighted by Gasteiger charge is -2.14. The molecule has 1 heterocycles. The fourth-order valence-electron chi connectivity index (χ4n) is 2.29. The van der Waals surface area contributed by atoms with Gasteiger partial charge < -0.3 is 4.74 Å². The van der Waals surface area contributed by atoms with E-state index in [2.05, 4.69) is 9.97 Å². The molecule has 1 aromatic carbocycles. The smallest absolute Gasteiger partial charge is 0.238 e. The van der Waals surface area contributed by atoms with Crippen molar-refractivity contribution in [2.24, 2.45) is 0 Å². The van der Waals surface area contributed by atoms with Gasteiger partial charge in [-0.2, -0.15) is 0 Å². The third-order valence-corrected chi connectivity index (χ3v) is 3.73. The average Bonchev–Trinajstić information content (AvgIpc) is 2.49. The van der Waals surface area contributed by atoms with Gasteiger partial charge in [0.25, 0.3) is 0 Å². The molecule has 1 aliphatic rings. The third-order valence-electron chi connectivity index (χ3n) is 3.32. The molecule has 5 heteroatoms. The Kier molecular flexibility index (Phi) is 3.65. The largest absolute Gasteiger partial charge is 0.436 e. The number of carbonyl (C=O) groups is 1. The number of aromatic nitrogens is 2. The Balaban J connectivity index is 1.90. The highest BCUT2D eigenvalue weighted by Gasteiger charge is 2.14. The highest BCUT2D eigenvalue weighted by molar-refractivity contribution is 6.34. The number of rotatable bonds is 3. The molecular weight excluding hydrogens is 276 g/mol. The van der Waals surface area contributed by atoms with Crippen LogP contribution in [0.2, 0.25) is 5.02 Å². The van der Waals surface area contributed by atoms with Crippen LogP contribution in [0.25, 0.3) is 0 Å². The Morgan fingerprint density at radius 1 is 1.20 bits per heavy atom. The Bertz CT molecular complexity index is 658. The third kappa shape index (κ3) is 2.51. The molecule has 0 amide bonds. The molecule has 3 rings (SSSR count). The first kappa shape index (κ1) is 13.1. The van der Waals surface area contributed by atoms with Gasteiger partial charge >= 0.3 is 0 Å². The topological polar surface area (TPSA) is 52.1 Å². The Morgan fingerprint density at radius 2 is 2.00 bits per heavy atom. The summed E-state index contributed by atoms with van der Waals surface area (Å²) in [4.78, 5) is 19.7. The molecule has 102 valence electrons. The summed E-state index contributed by atoms with van der Waals surface area (Å²) in [7, 11) is 0. The summed E-state index contributed by atoms with van der Waals surface area (Å²) in [6.07, 6.45) is 6.51. The van der Waals surface area contributed by atoms with Crippen molar-refractivity contribution >= 4 is 17.9 Å². The normalized spacial score (nSPS) is 13.7. The Labute approximate surface area is 121 Å². The molecule has 0 saturated heterocycles. The molecule has 0 bridgehead atoms. The number of carbonyl (C=O) groups excluding carboxylic acids is 1. The zero-order chi connectivity index (χ0) is 13.9. The van der Waals surface area contributed by atoms with E-state index < -0.39 is 0 Å². The predicted molar refractivity (Wildman–Crippen MR) is 75.6 cm³/mol. The van der Waals surface area contributed by atoms with Crippen molar-refractivity contribution in [1.82, 2.24) is 9.97 Å². The molecule has 0 N–H and O–H groups in total. The van der Waals surface area contributed by atoms with Gasteiger partial charge in [-0.05, 0) is 37.8 Å². The van der Waals surface area contributed by atoms with Crippen molar-refractivity contribution in [3.63, 3.8) is 0 Å². The standard InChI is InChI=1S/C15H13ClN2O2/c16-15-10(9-19)4-3-7-13(15)20-14-8-17-11-5-1-2-6-12(11)18-14/h3-4,7-9H,1-2,5-6H2. The molecule has 0 atom stereocenters. The van der Waals surface area contributed by atoms with Crippen LogP contribution in [0.1, 0.15) is 34.6 Å². The number of ether oxygens (including phenoxy) is 1. The first-order valence-corrected chi connectivity index (χ1v) is 6.92. The molecule has 0 spiro atoms. The van der Waals surface area contributed by atoms with E-state index in [1.165, 1.54) is 0 Å². The number of hydrogen-bond acceptors (Lipinski definition) is 4. The van der Waals surface area contributed by atoms with Crippen LogP contribution < -0.4 is 4.74 Å². The summed E-state index contributed by atoms with van der Waals surface area (Å²) in [5.74, 6) is 0.830. The van der Waals surface area contributed by atoms with Crippen molar-refractivity contribution in [2.45, 2.75) is 25.7 Å². The van der Waals surface area contributed by atoms with Crippen molar-refractivity contribution in [2.75, 3.05) is 0 Å². The number of aldehydes is 1. The second-order valence-electron chi connectivity index (χ2n) is 4.69. The summed E-state index contributed by atoms with van der Waals surface area (Å²) in [5.41, 5.74) is 2.45. The number of halogens is 1. The van der Waals surface area contributed by atoms with Crippen LogP contribution in [0.4, 0.5) is 0 Å². The highest BCUT2D eigenvalue weighted by atomic mass is 35.5. The number of nitrogens with zero attached hydrogens (tertiary/aromatic N) is 2. The summed E-state index contributed by atoms with van der Waals surface area (Å²) >= 11 is 6.10. The zero-order valence-corrected chi connectivity index (χ0v) is 11.6. The molecule has 20 heavy (non-hydrogen) atoms. The predicted octanol–water partition coefficient (Wildman–Crippen LogP) is 3.61. The Hall–Kier alpha value is -1.94. The van der Waals surface area contributed by atoms with Crippen LogP contribution >= 0.6 is 11.6 Å². The first-order chi connectivity index (χ1) is 9.78. The van der Waals surface area contributed by atoms with E-state index in [0.717, 1.165) is 37.1 Å². The molecule has 4 nitrogen and oxygen atoms in total. The maximum Gasteiger partial charge on any atom is 0.238 e. The van der Waals surface area contributed by atoms with E-state index in [1.54, 1.807) is 24.4 Å². The van der Waals surface area contributed by atoms with Gasteiger partial charge in [-0.1, -0.05) is 17.7 Å². The molecule has 1 aliphatic carbocycles. The highest BCUT2D eigenvalue weighted by Crippen LogP contribution is 2.31. The summed E-state index contributed by atoms with van der Waals surface area (Å²) in [5, 5.41) is 0.294. The molecular formula is C15H13ClN2O2. The maximum absolute atomic E-state index is 10.9. The fourth-order valence-corrected chi connectivity index (χ4v) is 2.50. The van der Waals surface area contributed by atoms with Crippen LogP contribution in [0, 0.1) is 0 Å². The minimum Gasteiger partial charge on any atom is -0.436 e. The van der Waals surface area contributed by atoms with Crippen LogP contribution in [-0.4, -0.2) is 16.3 Å². The van der Waals surface area contributed by atoms with Gasteiger partial charge in [0.05, 0.1) is 22.6 Å². The minimum atomic E-state index is 0.294. The molecule has 0 aliphatic heterocycles. The Morgan fingerprint density at radius 3 is 2.80 bits per heavy atom. The maximum atomic E-state index is 10.9. The fraction of sp³-hybridized carbons (Fsp3) is 0.267. The van der Waals surface area contributed by atoms with Gasteiger partial charge in [0.15, 0.2) is 6.29 Å². The van der Waals surface area contributed by atoms with Crippen molar-refractivity contribution in [3.8, 4) is 11.6 Å². The van der Waals surface area contributed by atoms with E-state index in [-0.39, 0.29) is 0 Å². The molecule has 1 aromatic heterocycles. The van der Waals surface area contributed by atoms with Crippen molar-refractivity contribution < 1.29 is 9.53 Å². The summed E-state index contributed by atoms with van der Waals surface area (Å²) in [6, 6.07) is 5.06. The van der Waals surface area contributed by atoms with Crippen molar-refractivity contribution in [1.29, 1.82) is 0 Å².